The summed E-state index contributed by atoms with van der Waals surface area (Å²) in [7, 11) is 3.24. The van der Waals surface area contributed by atoms with Crippen molar-refractivity contribution in [2.45, 2.75) is 19.4 Å². The second kappa shape index (κ2) is 8.07. The number of carbonyl (C=O) groups excluding carboxylic acids is 1. The van der Waals surface area contributed by atoms with Crippen LogP contribution in [0.25, 0.3) is 0 Å². The van der Waals surface area contributed by atoms with Crippen LogP contribution < -0.4 is 9.64 Å². The Morgan fingerprint density at radius 3 is 2.92 bits per heavy atom. The average molecular weight is 341 g/mol. The first-order valence-electron chi connectivity index (χ1n) is 8.45. The molecule has 1 aromatic heterocycles. The standard InChI is InChI=1S/C19H23N3O3/c1-24-12-15-10-18(21-13-20-15)22-9-5-6-14(11-22)19(23)16-7-3-4-8-17(16)25-2/h3-4,7-8,10,13-14H,5-6,9,11-12H2,1-2H3/t14-/m1/s1. The highest BCUT2D eigenvalue weighted by Crippen LogP contribution is 2.28. The largest absolute Gasteiger partial charge is 0.496 e. The smallest absolute Gasteiger partial charge is 0.171 e. The Bertz CT molecular complexity index is 735. The van der Waals surface area contributed by atoms with Crippen LogP contribution in [0.3, 0.4) is 0 Å². The summed E-state index contributed by atoms with van der Waals surface area (Å²) in [4.78, 5) is 23.7. The van der Waals surface area contributed by atoms with Gasteiger partial charge in [-0.3, -0.25) is 4.79 Å². The van der Waals surface area contributed by atoms with Gasteiger partial charge in [0.2, 0.25) is 0 Å². The minimum absolute atomic E-state index is 0.0640. The zero-order valence-corrected chi connectivity index (χ0v) is 14.6. The van der Waals surface area contributed by atoms with E-state index in [1.54, 1.807) is 20.5 Å². The first-order chi connectivity index (χ1) is 12.2. The van der Waals surface area contributed by atoms with Gasteiger partial charge in [0.1, 0.15) is 17.9 Å². The summed E-state index contributed by atoms with van der Waals surface area (Å²) >= 11 is 0. The molecule has 25 heavy (non-hydrogen) atoms. The molecule has 0 bridgehead atoms. The number of nitrogens with zero attached hydrogens (tertiary/aromatic N) is 3. The van der Waals surface area contributed by atoms with E-state index in [4.69, 9.17) is 9.47 Å². The van der Waals surface area contributed by atoms with Gasteiger partial charge in [-0.1, -0.05) is 12.1 Å². The number of piperidine rings is 1. The monoisotopic (exact) mass is 341 g/mol. The van der Waals surface area contributed by atoms with Crippen LogP contribution in [-0.2, 0) is 11.3 Å². The number of hydrogen-bond donors (Lipinski definition) is 0. The summed E-state index contributed by atoms with van der Waals surface area (Å²) in [6.07, 6.45) is 3.38. The highest BCUT2D eigenvalue weighted by molar-refractivity contribution is 6.00. The van der Waals surface area contributed by atoms with Crippen molar-refractivity contribution in [2.75, 3.05) is 32.2 Å². The maximum Gasteiger partial charge on any atom is 0.171 e. The van der Waals surface area contributed by atoms with E-state index >= 15 is 0 Å². The molecule has 0 unspecified atom stereocenters. The van der Waals surface area contributed by atoms with E-state index in [9.17, 15) is 4.79 Å². The number of anilines is 1. The van der Waals surface area contributed by atoms with E-state index in [1.807, 2.05) is 30.3 Å². The van der Waals surface area contributed by atoms with Crippen molar-refractivity contribution in [3.8, 4) is 5.75 Å². The third kappa shape index (κ3) is 3.96. The Kier molecular flexibility index (Phi) is 5.60. The molecular formula is C19H23N3O3. The van der Waals surface area contributed by atoms with Gasteiger partial charge in [-0.15, -0.1) is 0 Å². The van der Waals surface area contributed by atoms with Crippen LogP contribution in [-0.4, -0.2) is 43.1 Å². The highest BCUT2D eigenvalue weighted by atomic mass is 16.5. The van der Waals surface area contributed by atoms with Crippen molar-refractivity contribution in [2.24, 2.45) is 5.92 Å². The quantitative estimate of drug-likeness (QED) is 0.753. The lowest BCUT2D eigenvalue weighted by Crippen LogP contribution is -2.39. The van der Waals surface area contributed by atoms with E-state index in [2.05, 4.69) is 14.9 Å². The van der Waals surface area contributed by atoms with Gasteiger partial charge in [-0.2, -0.15) is 0 Å². The number of Topliss-reactive ketones (excluding diaryl/α,β-unsaturated/α-hetero) is 1. The third-order valence-corrected chi connectivity index (χ3v) is 4.49. The van der Waals surface area contributed by atoms with Crippen LogP contribution >= 0.6 is 0 Å². The summed E-state index contributed by atoms with van der Waals surface area (Å²) in [5.41, 5.74) is 1.49. The van der Waals surface area contributed by atoms with Gasteiger partial charge >= 0.3 is 0 Å². The van der Waals surface area contributed by atoms with E-state index in [0.717, 1.165) is 30.9 Å². The minimum atomic E-state index is -0.0640. The van der Waals surface area contributed by atoms with Gasteiger partial charge in [-0.05, 0) is 25.0 Å². The molecule has 0 spiro atoms. The number of hydrogen-bond acceptors (Lipinski definition) is 6. The average Bonchev–Trinajstić information content (AvgIpc) is 2.68. The number of aromatic nitrogens is 2. The van der Waals surface area contributed by atoms with Crippen LogP contribution in [0, 0.1) is 5.92 Å². The molecule has 1 saturated heterocycles. The summed E-state index contributed by atoms with van der Waals surface area (Å²) in [6.45, 7) is 1.99. The number of ketones is 1. The van der Waals surface area contributed by atoms with Crippen LogP contribution in [0.5, 0.6) is 5.75 Å². The fourth-order valence-corrected chi connectivity index (χ4v) is 3.25. The predicted molar refractivity (Wildman–Crippen MR) is 95.0 cm³/mol. The van der Waals surface area contributed by atoms with Crippen molar-refractivity contribution in [3.05, 3.63) is 47.9 Å². The third-order valence-electron chi connectivity index (χ3n) is 4.49. The molecule has 0 aliphatic carbocycles. The van der Waals surface area contributed by atoms with Crippen LogP contribution in [0.1, 0.15) is 28.9 Å². The van der Waals surface area contributed by atoms with E-state index in [0.29, 0.717) is 24.5 Å². The number of benzene rings is 1. The number of para-hydroxylation sites is 1. The van der Waals surface area contributed by atoms with Gasteiger partial charge in [0, 0.05) is 32.2 Å². The SMILES string of the molecule is COCc1cc(N2CCC[C@@H](C(=O)c3ccccc3OC)C2)ncn1. The van der Waals surface area contributed by atoms with Crippen molar-refractivity contribution in [1.82, 2.24) is 9.97 Å². The van der Waals surface area contributed by atoms with Gasteiger partial charge in [0.15, 0.2) is 5.78 Å². The van der Waals surface area contributed by atoms with Crippen LogP contribution in [0.2, 0.25) is 0 Å². The van der Waals surface area contributed by atoms with Crippen LogP contribution in [0.4, 0.5) is 5.82 Å². The van der Waals surface area contributed by atoms with Gasteiger partial charge in [0.25, 0.3) is 0 Å². The first-order valence-corrected chi connectivity index (χ1v) is 8.45. The molecule has 1 aliphatic rings. The molecule has 3 rings (SSSR count). The van der Waals surface area contributed by atoms with Crippen molar-refractivity contribution in [3.63, 3.8) is 0 Å². The molecular weight excluding hydrogens is 318 g/mol. The molecule has 0 radical (unpaired) electrons. The fourth-order valence-electron chi connectivity index (χ4n) is 3.25. The number of methoxy groups -OCH3 is 2. The Labute approximate surface area is 147 Å². The Hall–Kier alpha value is -2.47. The zero-order chi connectivity index (χ0) is 17.6. The highest BCUT2D eigenvalue weighted by Gasteiger charge is 2.28. The summed E-state index contributed by atoms with van der Waals surface area (Å²) in [5.74, 6) is 1.55. The maximum absolute atomic E-state index is 13.0. The van der Waals surface area contributed by atoms with Gasteiger partial charge in [-0.25, -0.2) is 9.97 Å². The Morgan fingerprint density at radius 1 is 1.28 bits per heavy atom. The van der Waals surface area contributed by atoms with E-state index in [1.165, 1.54) is 0 Å². The molecule has 6 heteroatoms. The van der Waals surface area contributed by atoms with Crippen molar-refractivity contribution in [1.29, 1.82) is 0 Å². The molecule has 0 saturated carbocycles. The first kappa shape index (κ1) is 17.4. The van der Waals surface area contributed by atoms with Gasteiger partial charge in [0.05, 0.1) is 25.0 Å². The molecule has 6 nitrogen and oxygen atoms in total. The zero-order valence-electron chi connectivity index (χ0n) is 14.6. The van der Waals surface area contributed by atoms with E-state index in [-0.39, 0.29) is 11.7 Å². The topological polar surface area (TPSA) is 64.5 Å². The number of rotatable bonds is 6. The predicted octanol–water partition coefficient (Wildman–Crippen LogP) is 2.73. The summed E-state index contributed by atoms with van der Waals surface area (Å²) in [6, 6.07) is 9.34. The molecule has 1 fully saturated rings. The maximum atomic E-state index is 13.0. The number of carbonyl (C=O) groups is 1. The molecule has 0 N–H and O–H groups in total. The molecule has 1 aromatic carbocycles. The van der Waals surface area contributed by atoms with Crippen molar-refractivity contribution < 1.29 is 14.3 Å². The van der Waals surface area contributed by atoms with Crippen molar-refractivity contribution >= 4 is 11.6 Å². The molecule has 1 atom stereocenters. The second-order valence-corrected chi connectivity index (χ2v) is 6.15. The lowest BCUT2D eigenvalue weighted by Gasteiger charge is -2.33. The fraction of sp³-hybridized carbons (Fsp3) is 0.421. The normalized spacial score (nSPS) is 17.4. The van der Waals surface area contributed by atoms with Gasteiger partial charge < -0.3 is 14.4 Å². The molecule has 132 valence electrons. The summed E-state index contributed by atoms with van der Waals surface area (Å²) in [5, 5.41) is 0. The number of ether oxygens (including phenoxy) is 2. The minimum Gasteiger partial charge on any atom is -0.496 e. The Balaban J connectivity index is 1.77. The van der Waals surface area contributed by atoms with Crippen LogP contribution in [0.15, 0.2) is 36.7 Å². The molecule has 1 aliphatic heterocycles. The summed E-state index contributed by atoms with van der Waals surface area (Å²) < 4.78 is 10.5. The van der Waals surface area contributed by atoms with E-state index < -0.39 is 0 Å². The Morgan fingerprint density at radius 2 is 2.12 bits per heavy atom. The molecule has 2 aromatic rings. The lowest BCUT2D eigenvalue weighted by atomic mass is 9.89. The molecule has 0 amide bonds. The molecule has 2 heterocycles. The second-order valence-electron chi connectivity index (χ2n) is 6.15. The lowest BCUT2D eigenvalue weighted by molar-refractivity contribution is 0.0904.